The van der Waals surface area contributed by atoms with E-state index in [4.69, 9.17) is 4.74 Å². The molecule has 1 aromatic carbocycles. The highest BCUT2D eigenvalue weighted by Gasteiger charge is 2.40. The van der Waals surface area contributed by atoms with Crippen molar-refractivity contribution in [2.24, 2.45) is 0 Å². The van der Waals surface area contributed by atoms with Crippen LogP contribution in [0.1, 0.15) is 25.7 Å². The highest BCUT2D eigenvalue weighted by atomic mass is 32.1. The van der Waals surface area contributed by atoms with Crippen LogP contribution in [-0.4, -0.2) is 41.2 Å². The number of carbonyl (C=O) groups is 1. The zero-order valence-electron chi connectivity index (χ0n) is 13.5. The Morgan fingerprint density at radius 3 is 2.75 bits per heavy atom. The minimum absolute atomic E-state index is 0.292. The summed E-state index contributed by atoms with van der Waals surface area (Å²) in [5.74, 6) is 0.582. The Hall–Kier alpha value is -1.92. The molecule has 0 radical (unpaired) electrons. The molecule has 3 aliphatic rings. The van der Waals surface area contributed by atoms with E-state index >= 15 is 0 Å². The third-order valence-corrected chi connectivity index (χ3v) is 5.88. The van der Waals surface area contributed by atoms with Gasteiger partial charge in [-0.25, -0.2) is 9.78 Å². The van der Waals surface area contributed by atoms with E-state index in [0.29, 0.717) is 5.82 Å². The number of ether oxygens (including phenoxy) is 1. The fourth-order valence-electron chi connectivity index (χ4n) is 3.66. The number of anilines is 1. The van der Waals surface area contributed by atoms with Crippen molar-refractivity contribution in [2.75, 3.05) is 25.0 Å². The lowest BCUT2D eigenvalue weighted by molar-refractivity contribution is -0.0176. The second-order valence-electron chi connectivity index (χ2n) is 6.54. The van der Waals surface area contributed by atoms with E-state index in [0.717, 1.165) is 55.8 Å². The van der Waals surface area contributed by atoms with E-state index in [1.165, 1.54) is 11.3 Å². The summed E-state index contributed by atoms with van der Waals surface area (Å²) >= 11 is 1.52. The largest absolute Gasteiger partial charge is 0.443 e. The molecule has 2 aromatic rings. The van der Waals surface area contributed by atoms with Crippen molar-refractivity contribution in [2.45, 2.75) is 31.3 Å². The third-order valence-electron chi connectivity index (χ3n) is 5.01. The summed E-state index contributed by atoms with van der Waals surface area (Å²) in [4.78, 5) is 20.2. The van der Waals surface area contributed by atoms with Gasteiger partial charge in [0.1, 0.15) is 5.60 Å². The number of nitrogens with one attached hydrogen (secondary N) is 1. The summed E-state index contributed by atoms with van der Waals surface area (Å²) in [7, 11) is 0. The number of hydrogen-bond donors (Lipinski definition) is 1. The number of rotatable bonds is 3. The van der Waals surface area contributed by atoms with E-state index in [1.807, 2.05) is 30.3 Å². The highest BCUT2D eigenvalue weighted by molar-refractivity contribution is 7.13. The van der Waals surface area contributed by atoms with Crippen molar-refractivity contribution in [3.63, 3.8) is 0 Å². The number of amides is 1. The SMILES string of the molecule is O=C(Nc1ncsc1-c1ccccc1)OC12CCCN(CC1)CC2. The quantitative estimate of drug-likeness (QED) is 0.916. The molecule has 5 nitrogen and oxygen atoms in total. The van der Waals surface area contributed by atoms with Gasteiger partial charge in [0.05, 0.1) is 10.4 Å². The van der Waals surface area contributed by atoms with E-state index in [2.05, 4.69) is 15.2 Å². The molecule has 24 heavy (non-hydrogen) atoms. The van der Waals surface area contributed by atoms with Gasteiger partial charge < -0.3 is 9.64 Å². The number of hydrogen-bond acceptors (Lipinski definition) is 5. The number of benzene rings is 1. The van der Waals surface area contributed by atoms with Crippen molar-refractivity contribution in [3.8, 4) is 10.4 Å². The number of nitrogens with zero attached hydrogens (tertiary/aromatic N) is 2. The van der Waals surface area contributed by atoms with Gasteiger partial charge in [-0.15, -0.1) is 11.3 Å². The van der Waals surface area contributed by atoms with Crippen molar-refractivity contribution >= 4 is 23.2 Å². The molecule has 0 unspecified atom stereocenters. The molecule has 0 saturated carbocycles. The Bertz CT molecular complexity index is 703. The number of thiazole rings is 1. The van der Waals surface area contributed by atoms with Gasteiger partial charge in [-0.3, -0.25) is 5.32 Å². The first-order chi connectivity index (χ1) is 11.7. The molecule has 0 aliphatic carbocycles. The molecule has 126 valence electrons. The predicted octanol–water partition coefficient (Wildman–Crippen LogP) is 3.99. The molecule has 3 saturated heterocycles. The Balaban J connectivity index is 1.46. The molecule has 4 heterocycles. The zero-order chi connectivity index (χ0) is 16.4. The van der Waals surface area contributed by atoms with E-state index in [-0.39, 0.29) is 11.7 Å². The van der Waals surface area contributed by atoms with E-state index in [1.54, 1.807) is 5.51 Å². The van der Waals surface area contributed by atoms with Gasteiger partial charge in [-0.05, 0) is 24.9 Å². The Morgan fingerprint density at radius 2 is 1.96 bits per heavy atom. The number of fused-ring (bicyclic) bond motifs is 4. The van der Waals surface area contributed by atoms with Crippen LogP contribution in [-0.2, 0) is 4.74 Å². The molecule has 3 fully saturated rings. The van der Waals surface area contributed by atoms with E-state index < -0.39 is 0 Å². The first-order valence-corrected chi connectivity index (χ1v) is 9.33. The van der Waals surface area contributed by atoms with Gasteiger partial charge in [0, 0.05) is 25.9 Å². The molecule has 3 aliphatic heterocycles. The zero-order valence-corrected chi connectivity index (χ0v) is 14.3. The second-order valence-corrected chi connectivity index (χ2v) is 7.39. The third kappa shape index (κ3) is 3.16. The monoisotopic (exact) mass is 343 g/mol. The minimum Gasteiger partial charge on any atom is -0.443 e. The lowest BCUT2D eigenvalue weighted by Gasteiger charge is -2.37. The van der Waals surface area contributed by atoms with Crippen LogP contribution >= 0.6 is 11.3 Å². The van der Waals surface area contributed by atoms with E-state index in [9.17, 15) is 4.79 Å². The Labute approximate surface area is 145 Å². The number of carbonyl (C=O) groups excluding carboxylic acids is 1. The molecule has 2 bridgehead atoms. The maximum absolute atomic E-state index is 12.5. The Morgan fingerprint density at radius 1 is 1.17 bits per heavy atom. The van der Waals surface area contributed by atoms with Crippen molar-refractivity contribution < 1.29 is 9.53 Å². The molecule has 5 rings (SSSR count). The predicted molar refractivity (Wildman–Crippen MR) is 95.3 cm³/mol. The summed E-state index contributed by atoms with van der Waals surface area (Å²) in [6.07, 6.45) is 3.54. The van der Waals surface area contributed by atoms with Gasteiger partial charge in [0.2, 0.25) is 0 Å². The number of aromatic nitrogens is 1. The summed E-state index contributed by atoms with van der Waals surface area (Å²) in [5.41, 5.74) is 2.51. The van der Waals surface area contributed by atoms with Crippen LogP contribution in [0.5, 0.6) is 0 Å². The van der Waals surface area contributed by atoms with Gasteiger partial charge >= 0.3 is 6.09 Å². The van der Waals surface area contributed by atoms with Gasteiger partial charge in [0.25, 0.3) is 0 Å². The van der Waals surface area contributed by atoms with Crippen molar-refractivity contribution in [3.05, 3.63) is 35.8 Å². The van der Waals surface area contributed by atoms with Crippen LogP contribution in [0.25, 0.3) is 10.4 Å². The standard InChI is InChI=1S/C18H21N3O2S/c22-17(23-18-7-4-10-21(11-8-18)12-9-18)20-16-15(24-13-19-16)14-5-2-1-3-6-14/h1-3,5-6,13H,4,7-12H2,(H,20,22). The van der Waals surface area contributed by atoms with Crippen LogP contribution < -0.4 is 5.32 Å². The van der Waals surface area contributed by atoms with Crippen molar-refractivity contribution in [1.82, 2.24) is 9.88 Å². The van der Waals surface area contributed by atoms with Crippen LogP contribution in [0, 0.1) is 0 Å². The fraction of sp³-hybridized carbons (Fsp3) is 0.444. The first kappa shape index (κ1) is 15.6. The molecular weight excluding hydrogens is 322 g/mol. The van der Waals surface area contributed by atoms with Crippen LogP contribution in [0.2, 0.25) is 0 Å². The second kappa shape index (κ2) is 6.53. The molecule has 0 spiro atoms. The Kier molecular flexibility index (Phi) is 4.24. The topological polar surface area (TPSA) is 54.5 Å². The lowest BCUT2D eigenvalue weighted by Crippen LogP contribution is -2.44. The molecule has 0 atom stereocenters. The van der Waals surface area contributed by atoms with Gasteiger partial charge in [0.15, 0.2) is 5.82 Å². The maximum atomic E-state index is 12.5. The van der Waals surface area contributed by atoms with Crippen LogP contribution in [0.4, 0.5) is 10.6 Å². The summed E-state index contributed by atoms with van der Waals surface area (Å²) in [5, 5.41) is 2.86. The van der Waals surface area contributed by atoms with Gasteiger partial charge in [-0.2, -0.15) is 0 Å². The molecule has 6 heteroatoms. The molecule has 1 amide bonds. The summed E-state index contributed by atoms with van der Waals surface area (Å²) in [6.45, 7) is 3.18. The first-order valence-electron chi connectivity index (χ1n) is 8.45. The number of piperidine rings is 1. The van der Waals surface area contributed by atoms with Crippen LogP contribution in [0.3, 0.4) is 0 Å². The molecule has 1 N–H and O–H groups in total. The maximum Gasteiger partial charge on any atom is 0.413 e. The summed E-state index contributed by atoms with van der Waals surface area (Å²) < 4.78 is 5.90. The highest BCUT2D eigenvalue weighted by Crippen LogP contribution is 2.36. The average Bonchev–Trinajstić information content (AvgIpc) is 2.85. The van der Waals surface area contributed by atoms with Crippen molar-refractivity contribution in [1.29, 1.82) is 0 Å². The molecular formula is C18H21N3O2S. The lowest BCUT2D eigenvalue weighted by atomic mass is 9.89. The molecule has 1 aromatic heterocycles. The minimum atomic E-state index is -0.381. The fourth-order valence-corrected chi connectivity index (χ4v) is 4.41. The summed E-state index contributed by atoms with van der Waals surface area (Å²) in [6, 6.07) is 9.97. The van der Waals surface area contributed by atoms with Gasteiger partial charge in [-0.1, -0.05) is 30.3 Å². The average molecular weight is 343 g/mol. The normalized spacial score (nSPS) is 25.9. The van der Waals surface area contributed by atoms with Crippen LogP contribution in [0.15, 0.2) is 35.8 Å². The smallest absolute Gasteiger partial charge is 0.413 e.